The second-order valence-electron chi connectivity index (χ2n) is 4.44. The summed E-state index contributed by atoms with van der Waals surface area (Å²) in [6, 6.07) is 10.5. The molecule has 0 spiro atoms. The first kappa shape index (κ1) is 11.3. The second kappa shape index (κ2) is 4.14. The van der Waals surface area contributed by atoms with E-state index in [0.717, 1.165) is 24.0 Å². The number of halogens is 1. The quantitative estimate of drug-likeness (QED) is 0.787. The Morgan fingerprint density at radius 3 is 2.67 bits per heavy atom. The largest absolute Gasteiger partial charge is 0.507 e. The molecule has 0 saturated heterocycles. The van der Waals surface area contributed by atoms with Crippen molar-refractivity contribution in [1.82, 2.24) is 0 Å². The minimum Gasteiger partial charge on any atom is -0.507 e. The van der Waals surface area contributed by atoms with Crippen molar-refractivity contribution in [2.45, 2.75) is 12.8 Å². The maximum atomic E-state index is 12.5. The molecule has 90 valence electrons. The predicted octanol–water partition coefficient (Wildman–Crippen LogP) is 3.38. The maximum Gasteiger partial charge on any atom is 0.197 e. The van der Waals surface area contributed by atoms with E-state index >= 15 is 0 Å². The number of aromatic hydroxyl groups is 1. The fourth-order valence-corrected chi connectivity index (χ4v) is 2.65. The van der Waals surface area contributed by atoms with Gasteiger partial charge in [0, 0.05) is 10.6 Å². The Morgan fingerprint density at radius 2 is 1.83 bits per heavy atom. The molecule has 18 heavy (non-hydrogen) atoms. The van der Waals surface area contributed by atoms with Crippen molar-refractivity contribution in [3.8, 4) is 5.75 Å². The minimum atomic E-state index is -0.118. The lowest BCUT2D eigenvalue weighted by Crippen LogP contribution is -2.04. The SMILES string of the molecule is O=C1c2ccc(Cl)cc2CCc2cccc(O)c21. The molecular formula is C15H11ClO2. The molecule has 0 unspecified atom stereocenters. The molecule has 0 radical (unpaired) electrons. The molecule has 0 amide bonds. The Bertz CT molecular complexity index is 647. The van der Waals surface area contributed by atoms with Crippen LogP contribution in [-0.4, -0.2) is 10.9 Å². The lowest BCUT2D eigenvalue weighted by molar-refractivity contribution is 0.103. The summed E-state index contributed by atoms with van der Waals surface area (Å²) in [5.74, 6) is -0.0624. The highest BCUT2D eigenvalue weighted by atomic mass is 35.5. The first-order valence-corrected chi connectivity index (χ1v) is 6.18. The Labute approximate surface area is 110 Å². The van der Waals surface area contributed by atoms with Crippen molar-refractivity contribution in [1.29, 1.82) is 0 Å². The normalized spacial score (nSPS) is 13.7. The van der Waals surface area contributed by atoms with Crippen LogP contribution in [0.25, 0.3) is 0 Å². The zero-order valence-electron chi connectivity index (χ0n) is 9.61. The third-order valence-electron chi connectivity index (χ3n) is 3.33. The lowest BCUT2D eigenvalue weighted by atomic mass is 9.98. The molecule has 2 aromatic rings. The zero-order chi connectivity index (χ0) is 12.7. The topological polar surface area (TPSA) is 37.3 Å². The standard InChI is InChI=1S/C15H11ClO2/c16-11-6-7-12-10(8-11)5-4-9-2-1-3-13(17)14(9)15(12)18/h1-3,6-8,17H,4-5H2. The van der Waals surface area contributed by atoms with Crippen LogP contribution in [0.1, 0.15) is 27.0 Å². The molecule has 0 saturated carbocycles. The van der Waals surface area contributed by atoms with Crippen molar-refractivity contribution in [2.75, 3.05) is 0 Å². The van der Waals surface area contributed by atoms with Crippen molar-refractivity contribution in [3.05, 3.63) is 63.7 Å². The smallest absolute Gasteiger partial charge is 0.197 e. The average Bonchev–Trinajstić information content (AvgIpc) is 2.48. The van der Waals surface area contributed by atoms with Crippen LogP contribution in [0, 0.1) is 0 Å². The van der Waals surface area contributed by atoms with Gasteiger partial charge in [-0.2, -0.15) is 0 Å². The number of hydrogen-bond acceptors (Lipinski definition) is 2. The van der Waals surface area contributed by atoms with Gasteiger partial charge in [-0.15, -0.1) is 0 Å². The summed E-state index contributed by atoms with van der Waals surface area (Å²) in [7, 11) is 0. The molecule has 1 aliphatic carbocycles. The van der Waals surface area contributed by atoms with Crippen molar-refractivity contribution < 1.29 is 9.90 Å². The molecule has 0 bridgehead atoms. The summed E-state index contributed by atoms with van der Waals surface area (Å²) in [4.78, 5) is 12.5. The molecule has 0 aromatic heterocycles. The van der Waals surface area contributed by atoms with Crippen LogP contribution in [0.15, 0.2) is 36.4 Å². The van der Waals surface area contributed by atoms with Gasteiger partial charge in [0.2, 0.25) is 0 Å². The molecule has 1 aliphatic rings. The van der Waals surface area contributed by atoms with Crippen molar-refractivity contribution in [3.63, 3.8) is 0 Å². The van der Waals surface area contributed by atoms with Crippen molar-refractivity contribution >= 4 is 17.4 Å². The number of phenolic OH excluding ortho intramolecular Hbond substituents is 1. The number of carbonyl (C=O) groups excluding carboxylic acids is 1. The number of ketones is 1. The molecule has 0 fully saturated rings. The highest BCUT2D eigenvalue weighted by Gasteiger charge is 2.23. The number of aryl methyl sites for hydroxylation is 2. The zero-order valence-corrected chi connectivity index (χ0v) is 10.4. The fraction of sp³-hybridized carbons (Fsp3) is 0.133. The third kappa shape index (κ3) is 1.70. The number of hydrogen-bond donors (Lipinski definition) is 1. The average molecular weight is 259 g/mol. The van der Waals surface area contributed by atoms with Crippen LogP contribution in [0.5, 0.6) is 5.75 Å². The number of fused-ring (bicyclic) bond motifs is 2. The Morgan fingerprint density at radius 1 is 1.06 bits per heavy atom. The van der Waals surface area contributed by atoms with Crippen LogP contribution in [-0.2, 0) is 12.8 Å². The molecule has 2 aromatic carbocycles. The van der Waals surface area contributed by atoms with Gasteiger partial charge in [-0.1, -0.05) is 23.7 Å². The summed E-state index contributed by atoms with van der Waals surface area (Å²) in [5.41, 5.74) is 2.91. The van der Waals surface area contributed by atoms with E-state index in [1.54, 1.807) is 24.3 Å². The second-order valence-corrected chi connectivity index (χ2v) is 4.88. The number of carbonyl (C=O) groups is 1. The third-order valence-corrected chi connectivity index (χ3v) is 3.57. The van der Waals surface area contributed by atoms with Crippen LogP contribution in [0.3, 0.4) is 0 Å². The van der Waals surface area contributed by atoms with Crippen LogP contribution >= 0.6 is 11.6 Å². The number of rotatable bonds is 0. The van der Waals surface area contributed by atoms with E-state index in [-0.39, 0.29) is 11.5 Å². The molecule has 1 N–H and O–H groups in total. The van der Waals surface area contributed by atoms with Gasteiger partial charge in [-0.25, -0.2) is 0 Å². The predicted molar refractivity (Wildman–Crippen MR) is 70.4 cm³/mol. The van der Waals surface area contributed by atoms with Gasteiger partial charge >= 0.3 is 0 Å². The molecule has 2 nitrogen and oxygen atoms in total. The number of benzene rings is 2. The van der Waals surface area contributed by atoms with Gasteiger partial charge < -0.3 is 5.11 Å². The Kier molecular flexibility index (Phi) is 2.60. The van der Waals surface area contributed by atoms with E-state index in [2.05, 4.69) is 0 Å². The first-order valence-electron chi connectivity index (χ1n) is 5.81. The summed E-state index contributed by atoms with van der Waals surface area (Å²) in [5, 5.41) is 10.5. The van der Waals surface area contributed by atoms with Gasteiger partial charge in [-0.3, -0.25) is 4.79 Å². The molecular weight excluding hydrogens is 248 g/mol. The maximum absolute atomic E-state index is 12.5. The molecule has 3 rings (SSSR count). The van der Waals surface area contributed by atoms with E-state index in [4.69, 9.17) is 11.6 Å². The Hall–Kier alpha value is -1.80. The van der Waals surface area contributed by atoms with Gasteiger partial charge in [-0.05, 0) is 48.2 Å². The van der Waals surface area contributed by atoms with Gasteiger partial charge in [0.05, 0.1) is 5.56 Å². The number of phenols is 1. The highest BCUT2D eigenvalue weighted by molar-refractivity contribution is 6.30. The van der Waals surface area contributed by atoms with E-state index < -0.39 is 0 Å². The van der Waals surface area contributed by atoms with E-state index in [9.17, 15) is 9.90 Å². The summed E-state index contributed by atoms with van der Waals surface area (Å²) >= 11 is 5.96. The summed E-state index contributed by atoms with van der Waals surface area (Å²) < 4.78 is 0. The monoisotopic (exact) mass is 258 g/mol. The minimum absolute atomic E-state index is 0.0558. The van der Waals surface area contributed by atoms with Crippen LogP contribution in [0.2, 0.25) is 5.02 Å². The van der Waals surface area contributed by atoms with E-state index in [1.807, 2.05) is 12.1 Å². The van der Waals surface area contributed by atoms with Gasteiger partial charge in [0.1, 0.15) is 5.75 Å². The van der Waals surface area contributed by atoms with Crippen LogP contribution in [0.4, 0.5) is 0 Å². The van der Waals surface area contributed by atoms with E-state index in [1.165, 1.54) is 0 Å². The first-order chi connectivity index (χ1) is 8.66. The summed E-state index contributed by atoms with van der Waals surface area (Å²) in [6.07, 6.45) is 1.50. The summed E-state index contributed by atoms with van der Waals surface area (Å²) in [6.45, 7) is 0. The van der Waals surface area contributed by atoms with Crippen molar-refractivity contribution in [2.24, 2.45) is 0 Å². The fourth-order valence-electron chi connectivity index (χ4n) is 2.45. The lowest BCUT2D eigenvalue weighted by Gasteiger charge is -2.07. The van der Waals surface area contributed by atoms with Gasteiger partial charge in [0.15, 0.2) is 5.78 Å². The molecule has 0 heterocycles. The van der Waals surface area contributed by atoms with E-state index in [0.29, 0.717) is 16.1 Å². The van der Waals surface area contributed by atoms with Crippen LogP contribution < -0.4 is 0 Å². The molecule has 3 heteroatoms. The van der Waals surface area contributed by atoms with Gasteiger partial charge in [0.25, 0.3) is 0 Å². The Balaban J connectivity index is 2.24. The molecule has 0 atom stereocenters. The highest BCUT2D eigenvalue weighted by Crippen LogP contribution is 2.31. The molecule has 0 aliphatic heterocycles.